The summed E-state index contributed by atoms with van der Waals surface area (Å²) in [5, 5.41) is 14.9. The number of anilines is 1. The molecule has 0 spiro atoms. The third kappa shape index (κ3) is 4.83. The Hall–Kier alpha value is -1.59. The Labute approximate surface area is 123 Å². The third-order valence-corrected chi connectivity index (χ3v) is 3.40. The number of hydrogen-bond donors (Lipinski definition) is 3. The zero-order chi connectivity index (χ0) is 15.3. The van der Waals surface area contributed by atoms with Crippen molar-refractivity contribution in [2.24, 2.45) is 5.92 Å². The van der Waals surface area contributed by atoms with Gasteiger partial charge in [-0.2, -0.15) is 0 Å². The summed E-state index contributed by atoms with van der Waals surface area (Å²) in [6.07, 6.45) is 0. The number of benzene rings is 1. The van der Waals surface area contributed by atoms with Crippen LogP contribution in [0.3, 0.4) is 0 Å². The lowest BCUT2D eigenvalue weighted by atomic mass is 10.1. The van der Waals surface area contributed by atoms with Crippen molar-refractivity contribution in [2.75, 3.05) is 11.9 Å². The Morgan fingerprint density at radius 3 is 2.50 bits per heavy atom. The van der Waals surface area contributed by atoms with Crippen LogP contribution in [0.25, 0.3) is 0 Å². The fourth-order valence-corrected chi connectivity index (χ4v) is 1.60. The van der Waals surface area contributed by atoms with Crippen LogP contribution < -0.4 is 10.6 Å². The van der Waals surface area contributed by atoms with Crippen molar-refractivity contribution >= 4 is 29.2 Å². The minimum absolute atomic E-state index is 0.0770. The van der Waals surface area contributed by atoms with Crippen LogP contribution in [0.5, 0.6) is 0 Å². The Morgan fingerprint density at radius 1 is 1.30 bits per heavy atom. The Kier molecular flexibility index (Phi) is 5.98. The molecule has 20 heavy (non-hydrogen) atoms. The van der Waals surface area contributed by atoms with Crippen molar-refractivity contribution in [3.05, 3.63) is 28.8 Å². The maximum Gasteiger partial charge on any atom is 0.335 e. The standard InChI is InChI=1S/C14H19ClN2O3/c1-8(2)9(3)16-7-13(18)17-12-6-10(14(19)20)4-5-11(12)15/h4-6,8-9,16H,7H2,1-3H3,(H,17,18)(H,19,20). The van der Waals surface area contributed by atoms with Crippen molar-refractivity contribution in [3.63, 3.8) is 0 Å². The molecule has 1 unspecified atom stereocenters. The first kappa shape index (κ1) is 16.5. The van der Waals surface area contributed by atoms with E-state index in [1.807, 2.05) is 6.92 Å². The summed E-state index contributed by atoms with van der Waals surface area (Å²) < 4.78 is 0. The zero-order valence-electron chi connectivity index (χ0n) is 11.7. The van der Waals surface area contributed by atoms with E-state index in [0.717, 1.165) is 0 Å². The molecule has 1 rings (SSSR count). The highest BCUT2D eigenvalue weighted by Gasteiger charge is 2.12. The number of carboxylic acids is 1. The van der Waals surface area contributed by atoms with Gasteiger partial charge in [-0.1, -0.05) is 25.4 Å². The first-order valence-electron chi connectivity index (χ1n) is 6.37. The van der Waals surface area contributed by atoms with Crippen LogP contribution >= 0.6 is 11.6 Å². The van der Waals surface area contributed by atoms with Crippen LogP contribution in [0, 0.1) is 5.92 Å². The van der Waals surface area contributed by atoms with Gasteiger partial charge in [-0.3, -0.25) is 4.79 Å². The van der Waals surface area contributed by atoms with Crippen molar-refractivity contribution < 1.29 is 14.7 Å². The number of carboxylic acid groups (broad SMARTS) is 1. The second-order valence-electron chi connectivity index (χ2n) is 4.96. The van der Waals surface area contributed by atoms with Crippen LogP contribution in [0.2, 0.25) is 5.02 Å². The molecule has 0 heterocycles. The molecule has 0 aliphatic rings. The van der Waals surface area contributed by atoms with E-state index in [0.29, 0.717) is 16.6 Å². The second kappa shape index (κ2) is 7.26. The number of nitrogens with one attached hydrogen (secondary N) is 2. The maximum absolute atomic E-state index is 11.8. The Balaban J connectivity index is 2.66. The average Bonchev–Trinajstić information content (AvgIpc) is 2.38. The largest absolute Gasteiger partial charge is 0.478 e. The molecule has 0 radical (unpaired) electrons. The SMILES string of the molecule is CC(C)C(C)NCC(=O)Nc1cc(C(=O)O)ccc1Cl. The lowest BCUT2D eigenvalue weighted by Gasteiger charge is -2.17. The van der Waals surface area contributed by atoms with E-state index in [4.69, 9.17) is 16.7 Å². The molecule has 0 saturated carbocycles. The van der Waals surface area contributed by atoms with Gasteiger partial charge in [-0.05, 0) is 31.0 Å². The number of carbonyl (C=O) groups is 2. The van der Waals surface area contributed by atoms with E-state index < -0.39 is 5.97 Å². The summed E-state index contributed by atoms with van der Waals surface area (Å²) in [5.74, 6) is -0.910. The van der Waals surface area contributed by atoms with Crippen LogP contribution in [0.4, 0.5) is 5.69 Å². The minimum atomic E-state index is -1.07. The van der Waals surface area contributed by atoms with E-state index in [9.17, 15) is 9.59 Å². The molecule has 0 bridgehead atoms. The van der Waals surface area contributed by atoms with Gasteiger partial charge in [0.1, 0.15) is 0 Å². The summed E-state index contributed by atoms with van der Waals surface area (Å²) >= 11 is 5.93. The summed E-state index contributed by atoms with van der Waals surface area (Å²) in [5.41, 5.74) is 0.378. The predicted octanol–water partition coefficient (Wildman–Crippen LogP) is 2.61. The predicted molar refractivity (Wildman–Crippen MR) is 79.3 cm³/mol. The van der Waals surface area contributed by atoms with Crippen LogP contribution in [0.1, 0.15) is 31.1 Å². The van der Waals surface area contributed by atoms with Crippen LogP contribution in [-0.4, -0.2) is 29.6 Å². The van der Waals surface area contributed by atoms with Gasteiger partial charge in [0.2, 0.25) is 5.91 Å². The van der Waals surface area contributed by atoms with Gasteiger partial charge in [0.25, 0.3) is 0 Å². The van der Waals surface area contributed by atoms with Crippen molar-refractivity contribution in [1.29, 1.82) is 0 Å². The molecule has 110 valence electrons. The molecule has 1 amide bonds. The second-order valence-corrected chi connectivity index (χ2v) is 5.37. The lowest BCUT2D eigenvalue weighted by molar-refractivity contribution is -0.115. The molecular formula is C14H19ClN2O3. The van der Waals surface area contributed by atoms with Crippen molar-refractivity contribution in [3.8, 4) is 0 Å². The topological polar surface area (TPSA) is 78.4 Å². The fraction of sp³-hybridized carbons (Fsp3) is 0.429. The van der Waals surface area contributed by atoms with Crippen molar-refractivity contribution in [1.82, 2.24) is 5.32 Å². The Bertz CT molecular complexity index is 503. The van der Waals surface area contributed by atoms with E-state index >= 15 is 0 Å². The molecule has 3 N–H and O–H groups in total. The van der Waals surface area contributed by atoms with Crippen LogP contribution in [-0.2, 0) is 4.79 Å². The summed E-state index contributed by atoms with van der Waals surface area (Å²) in [6.45, 7) is 6.26. The lowest BCUT2D eigenvalue weighted by Crippen LogP contribution is -2.37. The number of carbonyl (C=O) groups excluding carboxylic acids is 1. The first-order chi connectivity index (χ1) is 9.31. The number of halogens is 1. The minimum Gasteiger partial charge on any atom is -0.478 e. The molecule has 0 aliphatic carbocycles. The summed E-state index contributed by atoms with van der Waals surface area (Å²) in [6, 6.07) is 4.39. The molecule has 1 atom stereocenters. The van der Waals surface area contributed by atoms with Crippen LogP contribution in [0.15, 0.2) is 18.2 Å². The number of hydrogen-bond acceptors (Lipinski definition) is 3. The molecule has 6 heteroatoms. The smallest absolute Gasteiger partial charge is 0.335 e. The van der Waals surface area contributed by atoms with E-state index in [1.165, 1.54) is 18.2 Å². The molecule has 5 nitrogen and oxygen atoms in total. The van der Waals surface area contributed by atoms with E-state index in [-0.39, 0.29) is 24.1 Å². The third-order valence-electron chi connectivity index (χ3n) is 3.07. The molecule has 0 aromatic heterocycles. The molecule has 0 saturated heterocycles. The maximum atomic E-state index is 11.8. The highest BCUT2D eigenvalue weighted by atomic mass is 35.5. The summed E-state index contributed by atoms with van der Waals surface area (Å²) in [7, 11) is 0. The van der Waals surface area contributed by atoms with E-state index in [2.05, 4.69) is 24.5 Å². The average molecular weight is 299 g/mol. The number of rotatable bonds is 6. The molecule has 1 aromatic rings. The summed E-state index contributed by atoms with van der Waals surface area (Å²) in [4.78, 5) is 22.7. The van der Waals surface area contributed by atoms with Gasteiger partial charge in [-0.15, -0.1) is 0 Å². The van der Waals surface area contributed by atoms with E-state index in [1.54, 1.807) is 0 Å². The number of aromatic carboxylic acids is 1. The zero-order valence-corrected chi connectivity index (χ0v) is 12.5. The molecule has 0 fully saturated rings. The van der Waals surface area contributed by atoms with Gasteiger partial charge in [0.15, 0.2) is 0 Å². The quantitative estimate of drug-likeness (QED) is 0.754. The number of amides is 1. The van der Waals surface area contributed by atoms with Gasteiger partial charge in [0.05, 0.1) is 22.8 Å². The highest BCUT2D eigenvalue weighted by molar-refractivity contribution is 6.33. The normalized spacial score (nSPS) is 12.2. The fourth-order valence-electron chi connectivity index (χ4n) is 1.44. The van der Waals surface area contributed by atoms with Gasteiger partial charge in [0, 0.05) is 6.04 Å². The first-order valence-corrected chi connectivity index (χ1v) is 6.75. The van der Waals surface area contributed by atoms with Gasteiger partial charge >= 0.3 is 5.97 Å². The molecular weight excluding hydrogens is 280 g/mol. The van der Waals surface area contributed by atoms with Gasteiger partial charge in [-0.25, -0.2) is 4.79 Å². The highest BCUT2D eigenvalue weighted by Crippen LogP contribution is 2.23. The van der Waals surface area contributed by atoms with Gasteiger partial charge < -0.3 is 15.7 Å². The van der Waals surface area contributed by atoms with Crippen molar-refractivity contribution in [2.45, 2.75) is 26.8 Å². The molecule has 0 aliphatic heterocycles. The monoisotopic (exact) mass is 298 g/mol. The Morgan fingerprint density at radius 2 is 1.95 bits per heavy atom. The molecule has 1 aromatic carbocycles.